The maximum Gasteiger partial charge on any atom is 0.341 e. The molecule has 0 saturated carbocycles. The molecular formula is C16H15FN2O5S. The topological polar surface area (TPSA) is 98.5 Å². The molecule has 25 heavy (non-hydrogen) atoms. The first kappa shape index (κ1) is 18.5. The van der Waals surface area contributed by atoms with Crippen molar-refractivity contribution in [1.29, 1.82) is 0 Å². The van der Waals surface area contributed by atoms with Crippen LogP contribution in [0.1, 0.15) is 36.7 Å². The summed E-state index contributed by atoms with van der Waals surface area (Å²) < 4.78 is 18.6. The summed E-state index contributed by atoms with van der Waals surface area (Å²) in [5.74, 6) is -2.22. The molecule has 1 aromatic heterocycles. The number of halogens is 1. The van der Waals surface area contributed by atoms with E-state index in [1.165, 1.54) is 25.4 Å². The molecule has 0 aliphatic rings. The Bertz CT molecular complexity index is 891. The minimum atomic E-state index is -0.855. The third-order valence-electron chi connectivity index (χ3n) is 3.78. The summed E-state index contributed by atoms with van der Waals surface area (Å²) in [6, 6.07) is 1.92. The minimum Gasteiger partial charge on any atom is -0.465 e. The molecule has 0 unspecified atom stereocenters. The van der Waals surface area contributed by atoms with E-state index in [1.807, 2.05) is 0 Å². The van der Waals surface area contributed by atoms with Crippen molar-refractivity contribution in [3.8, 4) is 0 Å². The zero-order valence-electron chi connectivity index (χ0n) is 13.9. The lowest BCUT2D eigenvalue weighted by Gasteiger charge is -2.07. The summed E-state index contributed by atoms with van der Waals surface area (Å²) in [5, 5.41) is 13.7. The third-order valence-corrected chi connectivity index (χ3v) is 4.90. The maximum absolute atomic E-state index is 13.9. The molecular weight excluding hydrogens is 351 g/mol. The van der Waals surface area contributed by atoms with Gasteiger partial charge in [-0.1, -0.05) is 0 Å². The number of nitro benzene ring substituents is 1. The van der Waals surface area contributed by atoms with Gasteiger partial charge in [-0.3, -0.25) is 14.9 Å². The number of thiophene rings is 1. The molecule has 2 aromatic rings. The molecule has 1 heterocycles. The van der Waals surface area contributed by atoms with Gasteiger partial charge in [0.2, 0.25) is 0 Å². The molecule has 9 heteroatoms. The van der Waals surface area contributed by atoms with Gasteiger partial charge in [0.05, 0.1) is 23.2 Å². The second-order valence-corrected chi connectivity index (χ2v) is 6.52. The van der Waals surface area contributed by atoms with E-state index in [2.05, 4.69) is 5.32 Å². The molecule has 1 N–H and O–H groups in total. The zero-order chi connectivity index (χ0) is 18.9. The number of rotatable bonds is 4. The first-order chi connectivity index (χ1) is 11.7. The SMILES string of the molecule is COC(=O)c1c(NC(=O)c2cc(F)c(C)c([N+](=O)[O-])c2)sc(C)c1C. The molecule has 0 spiro atoms. The van der Waals surface area contributed by atoms with E-state index < -0.39 is 28.3 Å². The Labute approximate surface area is 146 Å². The lowest BCUT2D eigenvalue weighted by Crippen LogP contribution is -2.15. The number of hydrogen-bond acceptors (Lipinski definition) is 6. The van der Waals surface area contributed by atoms with Gasteiger partial charge in [0.15, 0.2) is 0 Å². The van der Waals surface area contributed by atoms with Crippen LogP contribution in [0.4, 0.5) is 15.1 Å². The molecule has 0 saturated heterocycles. The fraction of sp³-hybridized carbons (Fsp3) is 0.250. The standard InChI is InChI=1S/C16H15FN2O5S/c1-7-9(3)25-15(13(7)16(21)24-4)18-14(20)10-5-11(17)8(2)12(6-10)19(22)23/h5-6H,1-4H3,(H,18,20). The lowest BCUT2D eigenvalue weighted by molar-refractivity contribution is -0.385. The number of esters is 1. The minimum absolute atomic E-state index is 0.153. The van der Waals surface area contributed by atoms with Gasteiger partial charge in [-0.15, -0.1) is 11.3 Å². The van der Waals surface area contributed by atoms with Crippen LogP contribution in [0.25, 0.3) is 0 Å². The van der Waals surface area contributed by atoms with E-state index in [1.54, 1.807) is 13.8 Å². The van der Waals surface area contributed by atoms with Crippen molar-refractivity contribution in [3.63, 3.8) is 0 Å². The van der Waals surface area contributed by atoms with Crippen molar-refractivity contribution in [2.24, 2.45) is 0 Å². The number of anilines is 1. The number of carbonyl (C=O) groups is 2. The van der Waals surface area contributed by atoms with Crippen LogP contribution in [0.2, 0.25) is 0 Å². The highest BCUT2D eigenvalue weighted by atomic mass is 32.1. The van der Waals surface area contributed by atoms with Crippen LogP contribution >= 0.6 is 11.3 Å². The third kappa shape index (κ3) is 3.50. The predicted molar refractivity (Wildman–Crippen MR) is 90.9 cm³/mol. The van der Waals surface area contributed by atoms with E-state index in [0.29, 0.717) is 5.56 Å². The zero-order valence-corrected chi connectivity index (χ0v) is 14.7. The van der Waals surface area contributed by atoms with Crippen molar-refractivity contribution < 1.29 is 23.6 Å². The molecule has 0 atom stereocenters. The summed E-state index contributed by atoms with van der Waals surface area (Å²) >= 11 is 1.17. The Morgan fingerprint density at radius 1 is 1.24 bits per heavy atom. The van der Waals surface area contributed by atoms with Crippen molar-refractivity contribution in [2.45, 2.75) is 20.8 Å². The molecule has 2 rings (SSSR count). The van der Waals surface area contributed by atoms with Crippen molar-refractivity contribution in [3.05, 3.63) is 55.2 Å². The van der Waals surface area contributed by atoms with Gasteiger partial charge in [-0.25, -0.2) is 9.18 Å². The molecule has 0 fully saturated rings. The smallest absolute Gasteiger partial charge is 0.341 e. The van der Waals surface area contributed by atoms with Crippen molar-refractivity contribution >= 4 is 33.9 Å². The monoisotopic (exact) mass is 366 g/mol. The normalized spacial score (nSPS) is 10.4. The molecule has 1 aromatic carbocycles. The number of benzene rings is 1. The number of carbonyl (C=O) groups excluding carboxylic acids is 2. The van der Waals surface area contributed by atoms with Gasteiger partial charge in [-0.05, 0) is 32.4 Å². The quantitative estimate of drug-likeness (QED) is 0.505. The highest BCUT2D eigenvalue weighted by Crippen LogP contribution is 2.33. The number of ether oxygens (including phenoxy) is 1. The average Bonchev–Trinajstić information content (AvgIpc) is 2.82. The van der Waals surface area contributed by atoms with E-state index in [4.69, 9.17) is 4.74 Å². The van der Waals surface area contributed by atoms with E-state index in [0.717, 1.165) is 17.0 Å². The molecule has 0 aliphatic heterocycles. The summed E-state index contributed by atoms with van der Waals surface area (Å²) in [7, 11) is 1.22. The van der Waals surface area contributed by atoms with Crippen LogP contribution in [0.5, 0.6) is 0 Å². The first-order valence-corrected chi connectivity index (χ1v) is 7.93. The molecule has 0 bridgehead atoms. The second-order valence-electron chi connectivity index (χ2n) is 5.29. The Balaban J connectivity index is 2.43. The van der Waals surface area contributed by atoms with E-state index in [9.17, 15) is 24.1 Å². The van der Waals surface area contributed by atoms with Crippen LogP contribution in [0, 0.1) is 36.7 Å². The number of nitro groups is 1. The number of nitrogens with zero attached hydrogens (tertiary/aromatic N) is 1. The fourth-order valence-electron chi connectivity index (χ4n) is 2.22. The van der Waals surface area contributed by atoms with Gasteiger partial charge < -0.3 is 10.1 Å². The van der Waals surface area contributed by atoms with Crippen molar-refractivity contribution in [2.75, 3.05) is 12.4 Å². The van der Waals surface area contributed by atoms with Gasteiger partial charge in [-0.2, -0.15) is 0 Å². The summed E-state index contributed by atoms with van der Waals surface area (Å²) in [6.07, 6.45) is 0. The molecule has 132 valence electrons. The van der Waals surface area contributed by atoms with Crippen LogP contribution in [-0.4, -0.2) is 23.9 Å². The first-order valence-electron chi connectivity index (χ1n) is 7.11. The van der Waals surface area contributed by atoms with Crippen LogP contribution in [-0.2, 0) is 4.74 Å². The predicted octanol–water partition coefficient (Wildman–Crippen LogP) is 3.76. The summed E-state index contributed by atoms with van der Waals surface area (Å²) in [5.41, 5.74) is 0.0134. The number of amides is 1. The second kappa shape index (κ2) is 6.98. The van der Waals surface area contributed by atoms with Gasteiger partial charge in [0, 0.05) is 16.5 Å². The highest BCUT2D eigenvalue weighted by Gasteiger charge is 2.24. The lowest BCUT2D eigenvalue weighted by atomic mass is 10.1. The number of aryl methyl sites for hydroxylation is 1. The van der Waals surface area contributed by atoms with Crippen LogP contribution in [0.3, 0.4) is 0 Å². The van der Waals surface area contributed by atoms with Crippen LogP contribution in [0.15, 0.2) is 12.1 Å². The highest BCUT2D eigenvalue weighted by molar-refractivity contribution is 7.16. The fourth-order valence-corrected chi connectivity index (χ4v) is 3.27. The maximum atomic E-state index is 13.9. The number of nitrogens with one attached hydrogen (secondary N) is 1. The number of methoxy groups -OCH3 is 1. The Hall–Kier alpha value is -2.81. The molecule has 0 aliphatic carbocycles. The van der Waals surface area contributed by atoms with E-state index >= 15 is 0 Å². The van der Waals surface area contributed by atoms with E-state index in [-0.39, 0.29) is 21.7 Å². The molecule has 0 radical (unpaired) electrons. The Kier molecular flexibility index (Phi) is 5.17. The number of hydrogen-bond donors (Lipinski definition) is 1. The molecule has 7 nitrogen and oxygen atoms in total. The summed E-state index contributed by atoms with van der Waals surface area (Å²) in [4.78, 5) is 35.3. The molecule has 1 amide bonds. The summed E-state index contributed by atoms with van der Waals surface area (Å²) in [6.45, 7) is 4.75. The Morgan fingerprint density at radius 3 is 2.44 bits per heavy atom. The van der Waals surface area contributed by atoms with Crippen molar-refractivity contribution in [1.82, 2.24) is 0 Å². The van der Waals surface area contributed by atoms with Crippen LogP contribution < -0.4 is 5.32 Å². The van der Waals surface area contributed by atoms with Gasteiger partial charge >= 0.3 is 5.97 Å². The largest absolute Gasteiger partial charge is 0.465 e. The van der Waals surface area contributed by atoms with Gasteiger partial charge in [0.1, 0.15) is 10.8 Å². The average molecular weight is 366 g/mol. The van der Waals surface area contributed by atoms with Gasteiger partial charge in [0.25, 0.3) is 11.6 Å². The Morgan fingerprint density at radius 2 is 1.88 bits per heavy atom.